The van der Waals surface area contributed by atoms with Crippen LogP contribution in [0.3, 0.4) is 0 Å². The molecule has 1 amide bonds. The summed E-state index contributed by atoms with van der Waals surface area (Å²) in [7, 11) is 0. The normalized spacial score (nSPS) is 14.8. The molecule has 1 aliphatic rings. The average Bonchev–Trinajstić information content (AvgIpc) is 2.78. The summed E-state index contributed by atoms with van der Waals surface area (Å²) in [6.45, 7) is 14.8. The first kappa shape index (κ1) is 22.7. The van der Waals surface area contributed by atoms with E-state index < -0.39 is 0 Å². The number of rotatable bonds is 9. The Hall–Kier alpha value is -1.98. The van der Waals surface area contributed by atoms with Gasteiger partial charge in [0.1, 0.15) is 0 Å². The van der Waals surface area contributed by atoms with Crippen LogP contribution in [0.1, 0.15) is 51.4 Å². The van der Waals surface area contributed by atoms with Gasteiger partial charge in [0.2, 0.25) is 0 Å². The summed E-state index contributed by atoms with van der Waals surface area (Å²) < 4.78 is 0. The largest absolute Gasteiger partial charge is 0.352 e. The minimum atomic E-state index is 0.0123. The Balaban J connectivity index is 1.94. The van der Waals surface area contributed by atoms with E-state index in [1.165, 1.54) is 15.5 Å². The molecule has 30 heavy (non-hydrogen) atoms. The Labute approximate surface area is 186 Å². The molecule has 0 saturated heterocycles. The molecule has 1 heterocycles. The summed E-state index contributed by atoms with van der Waals surface area (Å²) in [5, 5.41) is 3.10. The van der Waals surface area contributed by atoms with Gasteiger partial charge < -0.3 is 15.1 Å². The van der Waals surface area contributed by atoms with Crippen LogP contribution in [0.25, 0.3) is 0 Å². The van der Waals surface area contributed by atoms with E-state index in [4.69, 9.17) is 0 Å². The number of benzene rings is 2. The number of anilines is 2. The molecule has 0 fully saturated rings. The Morgan fingerprint density at radius 1 is 1.03 bits per heavy atom. The molecule has 2 aromatic rings. The smallest absolute Gasteiger partial charge is 0.251 e. The Morgan fingerprint density at radius 2 is 1.73 bits per heavy atom. The van der Waals surface area contributed by atoms with Crippen LogP contribution >= 0.6 is 11.8 Å². The number of fused-ring (bicyclic) bond motifs is 2. The van der Waals surface area contributed by atoms with Gasteiger partial charge in [0.05, 0.1) is 11.4 Å². The standard InChI is InChI=1S/C25H35N3OS/c1-6-18(4)16-26-25(29)20-13-14-24-22(15-20)28(19(5)17-27(7-2)8-3)21-11-9-10-12-23(21)30-24/h9-15,18-19H,6-8,16-17H2,1-5H3,(H,26,29)/t18-,19-/m1/s1. The van der Waals surface area contributed by atoms with Crippen LogP contribution < -0.4 is 10.2 Å². The number of hydrogen-bond donors (Lipinski definition) is 1. The monoisotopic (exact) mass is 425 g/mol. The number of nitrogens with zero attached hydrogens (tertiary/aromatic N) is 2. The van der Waals surface area contributed by atoms with Gasteiger partial charge in [-0.3, -0.25) is 4.79 Å². The van der Waals surface area contributed by atoms with Gasteiger partial charge in [0.25, 0.3) is 5.91 Å². The van der Waals surface area contributed by atoms with Crippen LogP contribution in [-0.4, -0.2) is 43.0 Å². The van der Waals surface area contributed by atoms with Crippen molar-refractivity contribution in [2.24, 2.45) is 5.92 Å². The highest BCUT2D eigenvalue weighted by molar-refractivity contribution is 7.99. The number of likely N-dealkylation sites (N-methyl/N-ethyl adjacent to an activating group) is 1. The van der Waals surface area contributed by atoms with Gasteiger partial charge in [0.15, 0.2) is 0 Å². The maximum Gasteiger partial charge on any atom is 0.251 e. The zero-order chi connectivity index (χ0) is 21.7. The fourth-order valence-corrected chi connectivity index (χ4v) is 4.90. The van der Waals surface area contributed by atoms with E-state index in [9.17, 15) is 4.79 Å². The zero-order valence-electron chi connectivity index (χ0n) is 18.9. The third-order valence-corrected chi connectivity index (χ3v) is 7.12. The molecule has 0 aromatic heterocycles. The van der Waals surface area contributed by atoms with Crippen molar-refractivity contribution in [2.75, 3.05) is 31.1 Å². The predicted octanol–water partition coefficient (Wildman–Crippen LogP) is 5.80. The lowest BCUT2D eigenvalue weighted by Gasteiger charge is -2.39. The third kappa shape index (κ3) is 5.01. The molecule has 162 valence electrons. The first-order valence-corrected chi connectivity index (χ1v) is 12.0. The van der Waals surface area contributed by atoms with E-state index in [0.717, 1.165) is 37.3 Å². The fraction of sp³-hybridized carbons (Fsp3) is 0.480. The predicted molar refractivity (Wildman–Crippen MR) is 128 cm³/mol. The zero-order valence-corrected chi connectivity index (χ0v) is 19.8. The highest BCUT2D eigenvalue weighted by atomic mass is 32.2. The summed E-state index contributed by atoms with van der Waals surface area (Å²) in [4.78, 5) is 20.2. The molecule has 0 spiro atoms. The van der Waals surface area contributed by atoms with Gasteiger partial charge >= 0.3 is 0 Å². The van der Waals surface area contributed by atoms with Crippen LogP contribution in [0.4, 0.5) is 11.4 Å². The van der Waals surface area contributed by atoms with Gasteiger partial charge in [-0.15, -0.1) is 0 Å². The molecule has 0 aliphatic carbocycles. The van der Waals surface area contributed by atoms with Gasteiger partial charge in [-0.05, 0) is 56.3 Å². The van der Waals surface area contributed by atoms with E-state index in [1.807, 2.05) is 6.07 Å². The SMILES string of the molecule is CC[C@@H](C)CNC(=O)c1ccc2c(c1)N([C@H](C)CN(CC)CC)c1ccccc1S2. The first-order valence-electron chi connectivity index (χ1n) is 11.2. The van der Waals surface area contributed by atoms with Crippen molar-refractivity contribution in [2.45, 2.75) is 56.9 Å². The molecular weight excluding hydrogens is 390 g/mol. The molecule has 0 saturated carbocycles. The van der Waals surface area contributed by atoms with Crippen LogP contribution in [0, 0.1) is 5.92 Å². The molecule has 4 nitrogen and oxygen atoms in total. The molecule has 1 N–H and O–H groups in total. The molecule has 1 aliphatic heterocycles. The summed E-state index contributed by atoms with van der Waals surface area (Å²) >= 11 is 1.79. The molecule has 0 radical (unpaired) electrons. The van der Waals surface area contributed by atoms with Crippen molar-refractivity contribution < 1.29 is 4.79 Å². The maximum atomic E-state index is 12.8. The van der Waals surface area contributed by atoms with Crippen molar-refractivity contribution in [3.8, 4) is 0 Å². The van der Waals surface area contributed by atoms with E-state index in [1.54, 1.807) is 11.8 Å². The molecule has 2 atom stereocenters. The Bertz CT molecular complexity index is 865. The number of nitrogens with one attached hydrogen (secondary N) is 1. The topological polar surface area (TPSA) is 35.6 Å². The van der Waals surface area contributed by atoms with Crippen molar-refractivity contribution in [1.82, 2.24) is 10.2 Å². The second kappa shape index (κ2) is 10.4. The summed E-state index contributed by atoms with van der Waals surface area (Å²) in [5.74, 6) is 0.498. The van der Waals surface area contributed by atoms with Gasteiger partial charge in [-0.25, -0.2) is 0 Å². The highest BCUT2D eigenvalue weighted by Gasteiger charge is 2.28. The highest BCUT2D eigenvalue weighted by Crippen LogP contribution is 2.49. The second-order valence-electron chi connectivity index (χ2n) is 8.18. The van der Waals surface area contributed by atoms with Crippen molar-refractivity contribution in [3.63, 3.8) is 0 Å². The minimum absolute atomic E-state index is 0.0123. The van der Waals surface area contributed by atoms with Gasteiger partial charge in [-0.1, -0.05) is 58.0 Å². The quantitative estimate of drug-likeness (QED) is 0.551. The number of para-hydroxylation sites is 1. The van der Waals surface area contributed by atoms with E-state index in [-0.39, 0.29) is 5.91 Å². The summed E-state index contributed by atoms with van der Waals surface area (Å²) in [6.07, 6.45) is 1.06. The van der Waals surface area contributed by atoms with Gasteiger partial charge in [0, 0.05) is 34.5 Å². The number of carbonyl (C=O) groups excluding carboxylic acids is 1. The van der Waals surface area contributed by atoms with Crippen LogP contribution in [0.2, 0.25) is 0 Å². The first-order chi connectivity index (χ1) is 14.5. The lowest BCUT2D eigenvalue weighted by atomic mass is 10.1. The number of carbonyl (C=O) groups is 1. The maximum absolute atomic E-state index is 12.8. The minimum Gasteiger partial charge on any atom is -0.352 e. The van der Waals surface area contributed by atoms with Gasteiger partial charge in [-0.2, -0.15) is 0 Å². The molecule has 5 heteroatoms. The molecule has 3 rings (SSSR count). The second-order valence-corrected chi connectivity index (χ2v) is 9.26. The van der Waals surface area contributed by atoms with E-state index in [0.29, 0.717) is 18.5 Å². The van der Waals surface area contributed by atoms with E-state index in [2.05, 4.69) is 86.1 Å². The molecule has 2 aromatic carbocycles. The van der Waals surface area contributed by atoms with Crippen molar-refractivity contribution >= 4 is 29.0 Å². The lowest BCUT2D eigenvalue weighted by molar-refractivity contribution is 0.0948. The van der Waals surface area contributed by atoms with Crippen LogP contribution in [-0.2, 0) is 0 Å². The average molecular weight is 426 g/mol. The third-order valence-electron chi connectivity index (χ3n) is 5.99. The Kier molecular flexibility index (Phi) is 7.84. The van der Waals surface area contributed by atoms with Crippen molar-refractivity contribution in [1.29, 1.82) is 0 Å². The molecule has 0 unspecified atom stereocenters. The summed E-state index contributed by atoms with van der Waals surface area (Å²) in [6, 6.07) is 15.0. The van der Waals surface area contributed by atoms with Crippen LogP contribution in [0.5, 0.6) is 0 Å². The van der Waals surface area contributed by atoms with Crippen LogP contribution in [0.15, 0.2) is 52.3 Å². The van der Waals surface area contributed by atoms with Crippen molar-refractivity contribution in [3.05, 3.63) is 48.0 Å². The lowest BCUT2D eigenvalue weighted by Crippen LogP contribution is -2.41. The fourth-order valence-electron chi connectivity index (χ4n) is 3.85. The Morgan fingerprint density at radius 3 is 2.43 bits per heavy atom. The molecule has 0 bridgehead atoms. The molecular formula is C25H35N3OS. The van der Waals surface area contributed by atoms with E-state index >= 15 is 0 Å². The number of hydrogen-bond acceptors (Lipinski definition) is 4. The summed E-state index contributed by atoms with van der Waals surface area (Å²) in [5.41, 5.74) is 3.10. The number of amides is 1.